The normalized spacial score (nSPS) is 20.7. The lowest BCUT2D eigenvalue weighted by molar-refractivity contribution is -0.117. The number of rotatable bonds is 5. The van der Waals surface area contributed by atoms with Crippen LogP contribution in [-0.2, 0) is 4.79 Å². The van der Waals surface area contributed by atoms with E-state index < -0.39 is 0 Å². The zero-order valence-corrected chi connectivity index (χ0v) is 14.5. The van der Waals surface area contributed by atoms with Crippen molar-refractivity contribution in [3.8, 4) is 5.75 Å². The Labute approximate surface area is 140 Å². The molecule has 0 heterocycles. The molecule has 0 radical (unpaired) electrons. The highest BCUT2D eigenvalue weighted by molar-refractivity contribution is 9.10. The number of carbonyl (C=O) groups is 1. The van der Waals surface area contributed by atoms with Crippen LogP contribution in [0.3, 0.4) is 0 Å². The lowest BCUT2D eigenvalue weighted by Crippen LogP contribution is -2.28. The van der Waals surface area contributed by atoms with Gasteiger partial charge in [-0.15, -0.1) is 12.4 Å². The molecular weight excluding hydrogens is 356 g/mol. The molecule has 0 spiro atoms. The van der Waals surface area contributed by atoms with Crippen LogP contribution in [0.5, 0.6) is 5.75 Å². The predicted octanol–water partition coefficient (Wildman–Crippen LogP) is 3.73. The van der Waals surface area contributed by atoms with Gasteiger partial charge in [-0.2, -0.15) is 0 Å². The minimum Gasteiger partial charge on any atom is -0.492 e. The van der Waals surface area contributed by atoms with E-state index in [4.69, 9.17) is 10.5 Å². The summed E-state index contributed by atoms with van der Waals surface area (Å²) in [7, 11) is 0. The molecule has 1 saturated carbocycles. The van der Waals surface area contributed by atoms with E-state index in [2.05, 4.69) is 21.2 Å². The van der Waals surface area contributed by atoms with E-state index in [1.54, 1.807) is 0 Å². The molecule has 1 aromatic carbocycles. The zero-order valence-electron chi connectivity index (χ0n) is 12.1. The Hall–Kier alpha value is -0.780. The van der Waals surface area contributed by atoms with Gasteiger partial charge in [0.1, 0.15) is 5.75 Å². The maximum Gasteiger partial charge on any atom is 0.224 e. The van der Waals surface area contributed by atoms with Gasteiger partial charge in [-0.25, -0.2) is 0 Å². The maximum atomic E-state index is 12.1. The molecule has 2 rings (SSSR count). The van der Waals surface area contributed by atoms with Crippen molar-refractivity contribution < 1.29 is 9.53 Å². The number of nitrogens with two attached hydrogens (primary N) is 1. The Kier molecular flexibility index (Phi) is 7.49. The number of ether oxygens (including phenoxy) is 1. The number of hydrogen-bond acceptors (Lipinski definition) is 3. The van der Waals surface area contributed by atoms with Crippen molar-refractivity contribution in [2.45, 2.75) is 38.6 Å². The highest BCUT2D eigenvalue weighted by Gasteiger charge is 2.26. The molecule has 2 atom stereocenters. The first-order chi connectivity index (χ1) is 9.60. The fourth-order valence-electron chi connectivity index (χ4n) is 2.63. The number of hydrogen-bond donors (Lipinski definition) is 2. The number of nitrogens with one attached hydrogen (secondary N) is 1. The third-order valence-corrected chi connectivity index (χ3v) is 4.18. The van der Waals surface area contributed by atoms with Gasteiger partial charge in [-0.3, -0.25) is 4.79 Å². The van der Waals surface area contributed by atoms with Crippen LogP contribution in [0, 0.1) is 5.92 Å². The number of benzene rings is 1. The molecule has 0 unspecified atom stereocenters. The van der Waals surface area contributed by atoms with E-state index >= 15 is 0 Å². The Morgan fingerprint density at radius 1 is 1.48 bits per heavy atom. The third-order valence-electron chi connectivity index (χ3n) is 3.68. The van der Waals surface area contributed by atoms with Crippen LogP contribution in [0.4, 0.5) is 5.69 Å². The minimum absolute atomic E-state index is 0. The highest BCUT2D eigenvalue weighted by Crippen LogP contribution is 2.30. The van der Waals surface area contributed by atoms with E-state index in [1.165, 1.54) is 0 Å². The molecule has 1 aliphatic rings. The van der Waals surface area contributed by atoms with Gasteiger partial charge < -0.3 is 15.8 Å². The topological polar surface area (TPSA) is 64.3 Å². The summed E-state index contributed by atoms with van der Waals surface area (Å²) in [6, 6.07) is 5.76. The number of halogens is 2. The number of anilines is 1. The van der Waals surface area contributed by atoms with E-state index in [-0.39, 0.29) is 24.4 Å². The molecule has 1 amide bonds. The molecule has 1 fully saturated rings. The number of amides is 1. The van der Waals surface area contributed by atoms with Gasteiger partial charge >= 0.3 is 0 Å². The van der Waals surface area contributed by atoms with Crippen LogP contribution >= 0.6 is 28.3 Å². The summed E-state index contributed by atoms with van der Waals surface area (Å²) in [4.78, 5) is 12.1. The van der Waals surface area contributed by atoms with Crippen molar-refractivity contribution >= 4 is 39.9 Å². The van der Waals surface area contributed by atoms with Crippen LogP contribution < -0.4 is 15.8 Å². The fourth-order valence-corrected chi connectivity index (χ4v) is 2.97. The average molecular weight is 378 g/mol. The van der Waals surface area contributed by atoms with Gasteiger partial charge in [0, 0.05) is 16.9 Å². The van der Waals surface area contributed by atoms with Crippen molar-refractivity contribution in [3.63, 3.8) is 0 Å². The lowest BCUT2D eigenvalue weighted by Gasteiger charge is -2.16. The monoisotopic (exact) mass is 376 g/mol. The molecule has 1 aliphatic carbocycles. The smallest absolute Gasteiger partial charge is 0.224 e. The van der Waals surface area contributed by atoms with E-state index in [0.29, 0.717) is 30.4 Å². The van der Waals surface area contributed by atoms with Crippen molar-refractivity contribution in [1.29, 1.82) is 0 Å². The Bertz CT molecular complexity index is 485. The summed E-state index contributed by atoms with van der Waals surface area (Å²) in [5, 5.41) is 2.93. The van der Waals surface area contributed by atoms with Gasteiger partial charge in [0.15, 0.2) is 0 Å². The van der Waals surface area contributed by atoms with Gasteiger partial charge in [0.2, 0.25) is 5.91 Å². The third kappa shape index (κ3) is 5.16. The van der Waals surface area contributed by atoms with Gasteiger partial charge in [0.25, 0.3) is 0 Å². The summed E-state index contributed by atoms with van der Waals surface area (Å²) >= 11 is 3.40. The minimum atomic E-state index is 0. The second-order valence-corrected chi connectivity index (χ2v) is 6.10. The molecule has 0 aliphatic heterocycles. The van der Waals surface area contributed by atoms with Crippen molar-refractivity contribution in [1.82, 2.24) is 0 Å². The number of carbonyl (C=O) groups excluding carboxylic acids is 1. The van der Waals surface area contributed by atoms with E-state index in [0.717, 1.165) is 23.7 Å². The van der Waals surface area contributed by atoms with Gasteiger partial charge in [0.05, 0.1) is 12.3 Å². The Morgan fingerprint density at radius 2 is 2.24 bits per heavy atom. The lowest BCUT2D eigenvalue weighted by atomic mass is 10.00. The summed E-state index contributed by atoms with van der Waals surface area (Å²) in [5.74, 6) is 1.00. The van der Waals surface area contributed by atoms with Crippen molar-refractivity contribution in [2.75, 3.05) is 11.9 Å². The summed E-state index contributed by atoms with van der Waals surface area (Å²) in [6.45, 7) is 2.48. The first kappa shape index (κ1) is 18.3. The SMILES string of the molecule is CCOc1cc(Br)ccc1NC(=O)C[C@@H]1CCC[C@H]1N.Cl. The Balaban J connectivity index is 0.00000220. The van der Waals surface area contributed by atoms with Crippen LogP contribution in [0.15, 0.2) is 22.7 Å². The summed E-state index contributed by atoms with van der Waals surface area (Å²) in [6.07, 6.45) is 3.69. The maximum absolute atomic E-state index is 12.1. The molecule has 0 saturated heterocycles. The standard InChI is InChI=1S/C15H21BrN2O2.ClH/c1-2-20-14-9-11(16)6-7-13(14)18-15(19)8-10-4-3-5-12(10)17;/h6-7,9-10,12H,2-5,8,17H2,1H3,(H,18,19);1H/t10-,12+;/m0./s1. The summed E-state index contributed by atoms with van der Waals surface area (Å²) < 4.78 is 6.47. The van der Waals surface area contributed by atoms with Crippen LogP contribution in [0.1, 0.15) is 32.6 Å². The van der Waals surface area contributed by atoms with Gasteiger partial charge in [-0.05, 0) is 43.9 Å². The van der Waals surface area contributed by atoms with Crippen molar-refractivity contribution in [3.05, 3.63) is 22.7 Å². The first-order valence-corrected chi connectivity index (χ1v) is 7.87. The predicted molar refractivity (Wildman–Crippen MR) is 91.1 cm³/mol. The second kappa shape index (κ2) is 8.61. The molecule has 4 nitrogen and oxygen atoms in total. The van der Waals surface area contributed by atoms with Crippen LogP contribution in [0.2, 0.25) is 0 Å². The second-order valence-electron chi connectivity index (χ2n) is 5.18. The first-order valence-electron chi connectivity index (χ1n) is 7.08. The van der Waals surface area contributed by atoms with E-state index in [1.807, 2.05) is 25.1 Å². The van der Waals surface area contributed by atoms with Crippen LogP contribution in [-0.4, -0.2) is 18.6 Å². The average Bonchev–Trinajstić information content (AvgIpc) is 2.79. The molecule has 21 heavy (non-hydrogen) atoms. The quantitative estimate of drug-likeness (QED) is 0.822. The molecule has 118 valence electrons. The molecule has 0 aromatic heterocycles. The molecule has 0 bridgehead atoms. The van der Waals surface area contributed by atoms with Crippen molar-refractivity contribution in [2.24, 2.45) is 11.7 Å². The molecular formula is C15H22BrClN2O2. The largest absolute Gasteiger partial charge is 0.492 e. The highest BCUT2D eigenvalue weighted by atomic mass is 79.9. The zero-order chi connectivity index (χ0) is 14.5. The molecule has 3 N–H and O–H groups in total. The van der Waals surface area contributed by atoms with E-state index in [9.17, 15) is 4.79 Å². The van der Waals surface area contributed by atoms with Gasteiger partial charge in [-0.1, -0.05) is 22.4 Å². The fraction of sp³-hybridized carbons (Fsp3) is 0.533. The molecule has 6 heteroatoms. The summed E-state index contributed by atoms with van der Waals surface area (Å²) in [5.41, 5.74) is 6.72. The van der Waals surface area contributed by atoms with Crippen LogP contribution in [0.25, 0.3) is 0 Å². The Morgan fingerprint density at radius 3 is 2.86 bits per heavy atom. The molecule has 1 aromatic rings.